The van der Waals surface area contributed by atoms with Gasteiger partial charge in [0.05, 0.1) is 0 Å². The van der Waals surface area contributed by atoms with Crippen molar-refractivity contribution in [2.24, 2.45) is 11.5 Å². The molecule has 13 heavy (non-hydrogen) atoms. The lowest BCUT2D eigenvalue weighted by atomic mass is 9.92. The fourth-order valence-corrected chi connectivity index (χ4v) is 1.20. The SMILES string of the molecule is CC#CC(N)(CN)c1ccccc1. The van der Waals surface area contributed by atoms with Crippen molar-refractivity contribution < 1.29 is 0 Å². The van der Waals surface area contributed by atoms with Crippen LogP contribution in [0.2, 0.25) is 0 Å². The summed E-state index contributed by atoms with van der Waals surface area (Å²) in [7, 11) is 0. The molecule has 0 aliphatic carbocycles. The van der Waals surface area contributed by atoms with E-state index in [1.807, 2.05) is 30.3 Å². The minimum absolute atomic E-state index is 0.331. The van der Waals surface area contributed by atoms with Gasteiger partial charge in [-0.3, -0.25) is 0 Å². The molecule has 1 aromatic rings. The van der Waals surface area contributed by atoms with Gasteiger partial charge in [0.25, 0.3) is 0 Å². The highest BCUT2D eigenvalue weighted by Crippen LogP contribution is 2.15. The summed E-state index contributed by atoms with van der Waals surface area (Å²) >= 11 is 0. The summed E-state index contributed by atoms with van der Waals surface area (Å²) in [5.41, 5.74) is 11.9. The van der Waals surface area contributed by atoms with E-state index in [4.69, 9.17) is 11.5 Å². The Labute approximate surface area is 78.9 Å². The van der Waals surface area contributed by atoms with Crippen molar-refractivity contribution in [2.45, 2.75) is 12.5 Å². The van der Waals surface area contributed by atoms with E-state index in [9.17, 15) is 0 Å². The first-order valence-corrected chi connectivity index (χ1v) is 4.21. The molecule has 0 saturated heterocycles. The summed E-state index contributed by atoms with van der Waals surface area (Å²) in [5, 5.41) is 0. The molecule has 0 aliphatic heterocycles. The van der Waals surface area contributed by atoms with E-state index in [0.29, 0.717) is 6.54 Å². The minimum atomic E-state index is -0.698. The fraction of sp³-hybridized carbons (Fsp3) is 0.273. The Morgan fingerprint density at radius 1 is 1.31 bits per heavy atom. The van der Waals surface area contributed by atoms with Crippen molar-refractivity contribution in [1.82, 2.24) is 0 Å². The van der Waals surface area contributed by atoms with Crippen LogP contribution in [0.5, 0.6) is 0 Å². The first-order chi connectivity index (χ1) is 6.23. The van der Waals surface area contributed by atoms with E-state index in [-0.39, 0.29) is 0 Å². The fourth-order valence-electron chi connectivity index (χ4n) is 1.20. The molecule has 2 heteroatoms. The zero-order valence-corrected chi connectivity index (χ0v) is 7.75. The molecule has 0 spiro atoms. The molecule has 0 saturated carbocycles. The number of rotatable bonds is 2. The van der Waals surface area contributed by atoms with E-state index in [1.165, 1.54) is 0 Å². The second kappa shape index (κ2) is 4.08. The lowest BCUT2D eigenvalue weighted by Crippen LogP contribution is -2.42. The van der Waals surface area contributed by atoms with Crippen molar-refractivity contribution in [3.05, 3.63) is 35.9 Å². The molecule has 0 radical (unpaired) electrons. The van der Waals surface area contributed by atoms with E-state index < -0.39 is 5.54 Å². The maximum atomic E-state index is 6.03. The predicted molar refractivity (Wildman–Crippen MR) is 54.8 cm³/mol. The molecule has 2 nitrogen and oxygen atoms in total. The van der Waals surface area contributed by atoms with Crippen LogP contribution >= 0.6 is 0 Å². The number of hydrogen-bond donors (Lipinski definition) is 2. The van der Waals surface area contributed by atoms with Crippen molar-refractivity contribution >= 4 is 0 Å². The van der Waals surface area contributed by atoms with Crippen LogP contribution in [0.15, 0.2) is 30.3 Å². The van der Waals surface area contributed by atoms with Crippen LogP contribution in [0, 0.1) is 11.8 Å². The van der Waals surface area contributed by atoms with Crippen LogP contribution in [-0.2, 0) is 5.54 Å². The normalized spacial score (nSPS) is 14.1. The summed E-state index contributed by atoms with van der Waals surface area (Å²) in [6.07, 6.45) is 0. The highest BCUT2D eigenvalue weighted by atomic mass is 14.8. The largest absolute Gasteiger partial charge is 0.328 e. The van der Waals surface area contributed by atoms with Gasteiger partial charge in [-0.15, -0.1) is 5.92 Å². The Hall–Kier alpha value is -1.30. The van der Waals surface area contributed by atoms with Crippen molar-refractivity contribution in [3.63, 3.8) is 0 Å². The summed E-state index contributed by atoms with van der Waals surface area (Å²) < 4.78 is 0. The lowest BCUT2D eigenvalue weighted by Gasteiger charge is -2.21. The predicted octanol–water partition coefficient (Wildman–Crippen LogP) is 0.823. The third-order valence-corrected chi connectivity index (χ3v) is 1.96. The Kier molecular flexibility index (Phi) is 3.07. The average Bonchev–Trinajstić information content (AvgIpc) is 2.19. The Morgan fingerprint density at radius 3 is 2.38 bits per heavy atom. The Morgan fingerprint density at radius 2 is 1.92 bits per heavy atom. The monoisotopic (exact) mass is 174 g/mol. The number of benzene rings is 1. The smallest absolute Gasteiger partial charge is 0.115 e. The van der Waals surface area contributed by atoms with Gasteiger partial charge in [0, 0.05) is 6.54 Å². The highest BCUT2D eigenvalue weighted by Gasteiger charge is 2.21. The van der Waals surface area contributed by atoms with Crippen molar-refractivity contribution in [2.75, 3.05) is 6.54 Å². The molecule has 1 aromatic carbocycles. The standard InChI is InChI=1S/C11H14N2/c1-2-8-11(13,9-12)10-6-4-3-5-7-10/h3-7H,9,12-13H2,1H3. The van der Waals surface area contributed by atoms with Gasteiger partial charge < -0.3 is 11.5 Å². The van der Waals surface area contributed by atoms with Crippen LogP contribution in [0.3, 0.4) is 0 Å². The molecule has 68 valence electrons. The van der Waals surface area contributed by atoms with Gasteiger partial charge in [-0.1, -0.05) is 36.3 Å². The van der Waals surface area contributed by atoms with Crippen molar-refractivity contribution in [1.29, 1.82) is 0 Å². The first kappa shape index (κ1) is 9.79. The van der Waals surface area contributed by atoms with E-state index in [0.717, 1.165) is 5.56 Å². The van der Waals surface area contributed by atoms with Crippen LogP contribution < -0.4 is 11.5 Å². The molecule has 0 aliphatic rings. The maximum Gasteiger partial charge on any atom is 0.115 e. The molecule has 0 bridgehead atoms. The number of nitrogens with two attached hydrogens (primary N) is 2. The minimum Gasteiger partial charge on any atom is -0.328 e. The van der Waals surface area contributed by atoms with E-state index in [1.54, 1.807) is 6.92 Å². The summed E-state index contributed by atoms with van der Waals surface area (Å²) in [5.74, 6) is 5.73. The van der Waals surface area contributed by atoms with Gasteiger partial charge in [-0.25, -0.2) is 0 Å². The van der Waals surface area contributed by atoms with Crippen molar-refractivity contribution in [3.8, 4) is 11.8 Å². The summed E-state index contributed by atoms with van der Waals surface area (Å²) in [6.45, 7) is 2.10. The van der Waals surface area contributed by atoms with Gasteiger partial charge in [0.1, 0.15) is 5.54 Å². The van der Waals surface area contributed by atoms with Crippen LogP contribution in [0.4, 0.5) is 0 Å². The highest BCUT2D eigenvalue weighted by molar-refractivity contribution is 5.33. The second-order valence-electron chi connectivity index (χ2n) is 2.92. The Balaban J connectivity index is 3.08. The molecule has 0 heterocycles. The Bertz CT molecular complexity index is 321. The molecule has 1 atom stereocenters. The van der Waals surface area contributed by atoms with E-state index in [2.05, 4.69) is 11.8 Å². The van der Waals surface area contributed by atoms with Gasteiger partial charge >= 0.3 is 0 Å². The molecular weight excluding hydrogens is 160 g/mol. The molecule has 1 rings (SSSR count). The van der Waals surface area contributed by atoms with Gasteiger partial charge in [0.15, 0.2) is 0 Å². The topological polar surface area (TPSA) is 52.0 Å². The van der Waals surface area contributed by atoms with Crippen LogP contribution in [-0.4, -0.2) is 6.54 Å². The van der Waals surface area contributed by atoms with Crippen LogP contribution in [0.1, 0.15) is 12.5 Å². The molecule has 0 fully saturated rings. The zero-order valence-electron chi connectivity index (χ0n) is 7.75. The van der Waals surface area contributed by atoms with Gasteiger partial charge in [-0.2, -0.15) is 0 Å². The van der Waals surface area contributed by atoms with Gasteiger partial charge in [-0.05, 0) is 12.5 Å². The molecule has 4 N–H and O–H groups in total. The summed E-state index contributed by atoms with van der Waals surface area (Å²) in [6, 6.07) is 9.70. The average molecular weight is 174 g/mol. The van der Waals surface area contributed by atoms with Crippen LogP contribution in [0.25, 0.3) is 0 Å². The second-order valence-corrected chi connectivity index (χ2v) is 2.92. The lowest BCUT2D eigenvalue weighted by molar-refractivity contribution is 0.597. The molecule has 1 unspecified atom stereocenters. The maximum absolute atomic E-state index is 6.03. The molecule has 0 aromatic heterocycles. The molecular formula is C11H14N2. The number of hydrogen-bond acceptors (Lipinski definition) is 2. The quantitative estimate of drug-likeness (QED) is 0.652. The van der Waals surface area contributed by atoms with E-state index >= 15 is 0 Å². The zero-order chi connectivity index (χ0) is 9.73. The van der Waals surface area contributed by atoms with Gasteiger partial charge in [0.2, 0.25) is 0 Å². The third-order valence-electron chi connectivity index (χ3n) is 1.96. The summed E-state index contributed by atoms with van der Waals surface area (Å²) in [4.78, 5) is 0. The third kappa shape index (κ3) is 2.09. The molecule has 0 amide bonds. The first-order valence-electron chi connectivity index (χ1n) is 4.21.